The molecule has 10 nitrogen and oxygen atoms in total. The molecule has 10 heteroatoms. The lowest BCUT2D eigenvalue weighted by Crippen LogP contribution is -2.31. The summed E-state index contributed by atoms with van der Waals surface area (Å²) in [6.07, 6.45) is -1.15. The predicted molar refractivity (Wildman–Crippen MR) is 122 cm³/mol. The molecule has 3 aromatic rings. The van der Waals surface area contributed by atoms with E-state index in [0.717, 1.165) is 22.3 Å². The SMILES string of the molecule is Cn1ncc(NC(=O)OCC2c3ccccc3-c3ccccc32)c1C(=O)NCCC(O)C(=O)O. The summed E-state index contributed by atoms with van der Waals surface area (Å²) in [5, 5.41) is 27.1. The van der Waals surface area contributed by atoms with E-state index in [1.54, 1.807) is 0 Å². The Kier molecular flexibility index (Phi) is 6.60. The summed E-state index contributed by atoms with van der Waals surface area (Å²) in [4.78, 5) is 35.8. The number of nitrogens with zero attached hydrogens (tertiary/aromatic N) is 2. The van der Waals surface area contributed by atoms with Crippen molar-refractivity contribution in [3.63, 3.8) is 0 Å². The number of nitrogens with one attached hydrogen (secondary N) is 2. The standard InChI is InChI=1S/C24H24N4O6/c1-28-21(22(30)25-11-10-20(29)23(31)32)19(12-26-28)27-24(33)34-13-18-16-8-4-2-6-14(16)15-7-3-5-9-17(15)18/h2-9,12,18,20,29H,10-11,13H2,1H3,(H,25,30)(H,27,33)(H,31,32). The fourth-order valence-corrected chi connectivity index (χ4v) is 4.07. The molecule has 4 rings (SSSR count). The molecule has 1 atom stereocenters. The van der Waals surface area contributed by atoms with Crippen molar-refractivity contribution in [1.29, 1.82) is 0 Å². The van der Waals surface area contributed by atoms with Gasteiger partial charge in [-0.2, -0.15) is 5.10 Å². The second-order valence-corrected chi connectivity index (χ2v) is 7.88. The molecule has 0 bridgehead atoms. The van der Waals surface area contributed by atoms with Crippen LogP contribution >= 0.6 is 0 Å². The monoisotopic (exact) mass is 464 g/mol. The molecule has 0 spiro atoms. The summed E-state index contributed by atoms with van der Waals surface area (Å²) >= 11 is 0. The van der Waals surface area contributed by atoms with Crippen LogP contribution in [0.5, 0.6) is 0 Å². The van der Waals surface area contributed by atoms with Gasteiger partial charge in [-0.25, -0.2) is 9.59 Å². The van der Waals surface area contributed by atoms with Gasteiger partial charge in [-0.05, 0) is 22.3 Å². The fourth-order valence-electron chi connectivity index (χ4n) is 4.07. The molecular formula is C24H24N4O6. The Morgan fingerprint density at radius 3 is 2.32 bits per heavy atom. The quantitative estimate of drug-likeness (QED) is 0.401. The summed E-state index contributed by atoms with van der Waals surface area (Å²) in [7, 11) is 1.53. The molecule has 1 unspecified atom stereocenters. The number of aliphatic hydroxyl groups is 1. The van der Waals surface area contributed by atoms with Gasteiger partial charge in [0.2, 0.25) is 0 Å². The second-order valence-electron chi connectivity index (χ2n) is 7.88. The van der Waals surface area contributed by atoms with Crippen molar-refractivity contribution < 1.29 is 29.3 Å². The van der Waals surface area contributed by atoms with E-state index in [1.165, 1.54) is 17.9 Å². The maximum atomic E-state index is 12.6. The number of carboxylic acid groups (broad SMARTS) is 1. The number of aliphatic hydroxyl groups excluding tert-OH is 1. The fraction of sp³-hybridized carbons (Fsp3) is 0.250. The number of carbonyl (C=O) groups excluding carboxylic acids is 2. The van der Waals surface area contributed by atoms with Crippen LogP contribution in [-0.4, -0.2) is 57.2 Å². The Morgan fingerprint density at radius 2 is 1.71 bits per heavy atom. The van der Waals surface area contributed by atoms with E-state index < -0.39 is 24.1 Å². The van der Waals surface area contributed by atoms with E-state index >= 15 is 0 Å². The molecule has 0 aliphatic heterocycles. The molecule has 1 aromatic heterocycles. The van der Waals surface area contributed by atoms with Crippen LogP contribution in [0.3, 0.4) is 0 Å². The summed E-state index contributed by atoms with van der Waals surface area (Å²) in [6, 6.07) is 16.0. The highest BCUT2D eigenvalue weighted by atomic mass is 16.5. The molecule has 34 heavy (non-hydrogen) atoms. The van der Waals surface area contributed by atoms with Crippen LogP contribution in [-0.2, 0) is 16.6 Å². The number of aromatic nitrogens is 2. The van der Waals surface area contributed by atoms with Crippen LogP contribution in [0.4, 0.5) is 10.5 Å². The van der Waals surface area contributed by atoms with Crippen LogP contribution in [0, 0.1) is 0 Å². The summed E-state index contributed by atoms with van der Waals surface area (Å²) in [6.45, 7) is 0.0522. The Labute approximate surface area is 195 Å². The molecule has 1 heterocycles. The van der Waals surface area contributed by atoms with Crippen molar-refractivity contribution in [2.24, 2.45) is 7.05 Å². The maximum Gasteiger partial charge on any atom is 0.411 e. The third-order valence-electron chi connectivity index (χ3n) is 5.72. The van der Waals surface area contributed by atoms with Crippen LogP contribution in [0.25, 0.3) is 11.1 Å². The number of anilines is 1. The maximum absolute atomic E-state index is 12.6. The van der Waals surface area contributed by atoms with Gasteiger partial charge >= 0.3 is 12.1 Å². The van der Waals surface area contributed by atoms with Crippen molar-refractivity contribution in [3.05, 3.63) is 71.5 Å². The normalized spacial score (nSPS) is 13.0. The predicted octanol–water partition coefficient (Wildman–Crippen LogP) is 2.35. The van der Waals surface area contributed by atoms with Gasteiger partial charge in [0.05, 0.1) is 11.9 Å². The average Bonchev–Trinajstić information content (AvgIpc) is 3.34. The van der Waals surface area contributed by atoms with Gasteiger partial charge in [0, 0.05) is 25.9 Å². The molecular weight excluding hydrogens is 440 g/mol. The lowest BCUT2D eigenvalue weighted by Gasteiger charge is -2.15. The van der Waals surface area contributed by atoms with Crippen molar-refractivity contribution in [2.75, 3.05) is 18.5 Å². The topological polar surface area (TPSA) is 143 Å². The van der Waals surface area contributed by atoms with Gasteiger partial charge in [-0.15, -0.1) is 0 Å². The minimum absolute atomic E-state index is 0.0676. The first-order valence-corrected chi connectivity index (χ1v) is 10.7. The zero-order chi connectivity index (χ0) is 24.2. The highest BCUT2D eigenvalue weighted by Crippen LogP contribution is 2.44. The van der Waals surface area contributed by atoms with Crippen LogP contribution < -0.4 is 10.6 Å². The number of carbonyl (C=O) groups is 3. The number of hydrogen-bond donors (Lipinski definition) is 4. The number of rotatable bonds is 8. The van der Waals surface area contributed by atoms with Gasteiger partial charge in [-0.1, -0.05) is 48.5 Å². The van der Waals surface area contributed by atoms with Crippen molar-refractivity contribution >= 4 is 23.7 Å². The molecule has 0 saturated heterocycles. The average molecular weight is 464 g/mol. The minimum atomic E-state index is -1.58. The molecule has 1 aliphatic carbocycles. The molecule has 0 radical (unpaired) electrons. The van der Waals surface area contributed by atoms with E-state index in [-0.39, 0.29) is 36.9 Å². The largest absolute Gasteiger partial charge is 0.479 e. The van der Waals surface area contributed by atoms with Crippen LogP contribution in [0.2, 0.25) is 0 Å². The number of aliphatic carboxylic acids is 1. The molecule has 0 fully saturated rings. The number of carboxylic acids is 1. The smallest absolute Gasteiger partial charge is 0.411 e. The number of hydrogen-bond acceptors (Lipinski definition) is 6. The molecule has 2 aromatic carbocycles. The van der Waals surface area contributed by atoms with Gasteiger partial charge in [0.1, 0.15) is 12.3 Å². The third-order valence-corrected chi connectivity index (χ3v) is 5.72. The number of fused-ring (bicyclic) bond motifs is 3. The van der Waals surface area contributed by atoms with Crippen molar-refractivity contribution in [2.45, 2.75) is 18.4 Å². The zero-order valence-electron chi connectivity index (χ0n) is 18.4. The van der Waals surface area contributed by atoms with Gasteiger partial charge in [0.15, 0.2) is 6.10 Å². The molecule has 1 aliphatic rings. The van der Waals surface area contributed by atoms with E-state index in [1.807, 2.05) is 48.5 Å². The Hall–Kier alpha value is -4.18. The van der Waals surface area contributed by atoms with Crippen molar-refractivity contribution in [1.82, 2.24) is 15.1 Å². The van der Waals surface area contributed by atoms with E-state index in [4.69, 9.17) is 9.84 Å². The van der Waals surface area contributed by atoms with Gasteiger partial charge < -0.3 is 20.3 Å². The number of amides is 2. The number of benzene rings is 2. The van der Waals surface area contributed by atoms with E-state index in [9.17, 15) is 19.5 Å². The lowest BCUT2D eigenvalue weighted by atomic mass is 9.98. The molecule has 176 valence electrons. The summed E-state index contributed by atoms with van der Waals surface area (Å²) in [5.41, 5.74) is 4.62. The first-order valence-electron chi connectivity index (χ1n) is 10.7. The highest BCUT2D eigenvalue weighted by Gasteiger charge is 2.29. The third kappa shape index (κ3) is 4.62. The van der Waals surface area contributed by atoms with E-state index in [0.29, 0.717) is 0 Å². The van der Waals surface area contributed by atoms with E-state index in [2.05, 4.69) is 15.7 Å². The number of ether oxygens (including phenoxy) is 1. The summed E-state index contributed by atoms with van der Waals surface area (Å²) in [5.74, 6) is -2.05. The second kappa shape index (κ2) is 9.75. The molecule has 2 amide bonds. The lowest BCUT2D eigenvalue weighted by molar-refractivity contribution is -0.146. The Bertz CT molecular complexity index is 1190. The molecule has 0 saturated carbocycles. The minimum Gasteiger partial charge on any atom is -0.479 e. The highest BCUT2D eigenvalue weighted by molar-refractivity contribution is 6.01. The van der Waals surface area contributed by atoms with Crippen LogP contribution in [0.1, 0.15) is 34.0 Å². The zero-order valence-corrected chi connectivity index (χ0v) is 18.4. The first-order chi connectivity index (χ1) is 16.4. The number of aryl methyl sites for hydroxylation is 1. The van der Waals surface area contributed by atoms with Crippen LogP contribution in [0.15, 0.2) is 54.7 Å². The van der Waals surface area contributed by atoms with Crippen molar-refractivity contribution in [3.8, 4) is 11.1 Å². The Balaban J connectivity index is 1.39. The first kappa shape index (κ1) is 23.0. The van der Waals surface area contributed by atoms with Gasteiger partial charge in [0.25, 0.3) is 5.91 Å². The summed E-state index contributed by atoms with van der Waals surface area (Å²) < 4.78 is 6.79. The van der Waals surface area contributed by atoms with Gasteiger partial charge in [-0.3, -0.25) is 14.8 Å². The Morgan fingerprint density at radius 1 is 1.09 bits per heavy atom. The molecule has 4 N–H and O–H groups in total.